The number of halogens is 2. The van der Waals surface area contributed by atoms with Crippen molar-refractivity contribution < 1.29 is 23.1 Å². The van der Waals surface area contributed by atoms with Crippen molar-refractivity contribution in [2.45, 2.75) is 32.9 Å². The molecule has 0 amide bonds. The van der Waals surface area contributed by atoms with Crippen molar-refractivity contribution in [3.63, 3.8) is 0 Å². The molecule has 1 heterocycles. The van der Waals surface area contributed by atoms with Gasteiger partial charge in [0.15, 0.2) is 5.13 Å². The largest absolute Gasteiger partial charge is 0.459 e. The first kappa shape index (κ1) is 24.3. The van der Waals surface area contributed by atoms with E-state index in [-0.39, 0.29) is 23.2 Å². The molecular formula is C23H24F2N4O3S. The number of esters is 1. The van der Waals surface area contributed by atoms with Crippen LogP contribution in [0.25, 0.3) is 0 Å². The van der Waals surface area contributed by atoms with Gasteiger partial charge in [-0.1, -0.05) is 29.5 Å². The summed E-state index contributed by atoms with van der Waals surface area (Å²) >= 11 is 0.907. The van der Waals surface area contributed by atoms with Crippen LogP contribution >= 0.6 is 11.3 Å². The standard InChI is InChI=1S/C23H24F2N4O3S/c1-23(2,3)32-17(30)12-27-11-13-7-9-14(10-8-13)28-22-29-21(26)20(33-22)19(31)18-15(24)5-4-6-16(18)25/h4-10,27H,11-12,26H2,1-3H3,(H,28,29). The summed E-state index contributed by atoms with van der Waals surface area (Å²) in [5, 5.41) is 6.35. The van der Waals surface area contributed by atoms with E-state index in [0.717, 1.165) is 29.0 Å². The van der Waals surface area contributed by atoms with Gasteiger partial charge in [0.1, 0.15) is 27.9 Å². The number of benzene rings is 2. The highest BCUT2D eigenvalue weighted by Crippen LogP contribution is 2.31. The van der Waals surface area contributed by atoms with Crippen molar-refractivity contribution >= 4 is 39.7 Å². The number of hydrogen-bond acceptors (Lipinski definition) is 8. The Morgan fingerprint density at radius 3 is 2.33 bits per heavy atom. The van der Waals surface area contributed by atoms with Crippen molar-refractivity contribution in [1.82, 2.24) is 10.3 Å². The number of thiazole rings is 1. The SMILES string of the molecule is CC(C)(C)OC(=O)CNCc1ccc(Nc2nc(N)c(C(=O)c3c(F)cccc3F)s2)cc1. The molecule has 0 unspecified atom stereocenters. The van der Waals surface area contributed by atoms with Crippen LogP contribution in [0.1, 0.15) is 41.6 Å². The van der Waals surface area contributed by atoms with Crippen LogP contribution in [0.3, 0.4) is 0 Å². The van der Waals surface area contributed by atoms with Crippen LogP contribution < -0.4 is 16.4 Å². The molecule has 0 radical (unpaired) electrons. The number of carbonyl (C=O) groups excluding carboxylic acids is 2. The van der Waals surface area contributed by atoms with Gasteiger partial charge in [0.2, 0.25) is 5.78 Å². The zero-order valence-electron chi connectivity index (χ0n) is 18.4. The molecular weight excluding hydrogens is 450 g/mol. The summed E-state index contributed by atoms with van der Waals surface area (Å²) in [7, 11) is 0. The Balaban J connectivity index is 1.61. The van der Waals surface area contributed by atoms with Crippen molar-refractivity contribution in [1.29, 1.82) is 0 Å². The van der Waals surface area contributed by atoms with Crippen LogP contribution in [0.4, 0.5) is 25.4 Å². The molecule has 10 heteroatoms. The summed E-state index contributed by atoms with van der Waals surface area (Å²) in [4.78, 5) is 28.4. The third kappa shape index (κ3) is 6.56. The highest BCUT2D eigenvalue weighted by molar-refractivity contribution is 7.18. The minimum absolute atomic E-state index is 0.0514. The first-order valence-electron chi connectivity index (χ1n) is 10.1. The molecule has 3 aromatic rings. The van der Waals surface area contributed by atoms with Gasteiger partial charge in [0.05, 0.1) is 12.1 Å². The molecule has 1 aromatic heterocycles. The number of ether oxygens (including phenoxy) is 1. The summed E-state index contributed by atoms with van der Waals surface area (Å²) in [5.41, 5.74) is 6.24. The van der Waals surface area contributed by atoms with Gasteiger partial charge in [-0.2, -0.15) is 0 Å². The first-order valence-corrected chi connectivity index (χ1v) is 10.9. The third-order valence-corrected chi connectivity index (χ3v) is 5.26. The van der Waals surface area contributed by atoms with E-state index in [4.69, 9.17) is 10.5 Å². The summed E-state index contributed by atoms with van der Waals surface area (Å²) in [6.07, 6.45) is 0. The van der Waals surface area contributed by atoms with Crippen LogP contribution in [-0.4, -0.2) is 28.9 Å². The Hall–Kier alpha value is -3.37. The van der Waals surface area contributed by atoms with Gasteiger partial charge >= 0.3 is 5.97 Å². The second-order valence-corrected chi connectivity index (χ2v) is 9.17. The zero-order chi connectivity index (χ0) is 24.2. The number of nitrogens with one attached hydrogen (secondary N) is 2. The van der Waals surface area contributed by atoms with Crippen molar-refractivity contribution in [2.24, 2.45) is 0 Å². The minimum Gasteiger partial charge on any atom is -0.459 e. The van der Waals surface area contributed by atoms with Crippen molar-refractivity contribution in [3.8, 4) is 0 Å². The van der Waals surface area contributed by atoms with Gasteiger partial charge in [-0.05, 0) is 50.6 Å². The molecule has 7 nitrogen and oxygen atoms in total. The van der Waals surface area contributed by atoms with E-state index in [0.29, 0.717) is 17.4 Å². The van der Waals surface area contributed by atoms with Gasteiger partial charge in [-0.15, -0.1) is 0 Å². The van der Waals surface area contributed by atoms with Crippen LogP contribution in [0, 0.1) is 11.6 Å². The molecule has 174 valence electrons. The number of anilines is 3. The maximum absolute atomic E-state index is 14.0. The van der Waals surface area contributed by atoms with Gasteiger partial charge in [0.25, 0.3) is 0 Å². The number of hydrogen-bond donors (Lipinski definition) is 3. The first-order chi connectivity index (χ1) is 15.5. The highest BCUT2D eigenvalue weighted by atomic mass is 32.1. The normalized spacial score (nSPS) is 11.3. The van der Waals surface area contributed by atoms with E-state index in [1.54, 1.807) is 12.1 Å². The fourth-order valence-corrected chi connectivity index (χ4v) is 3.74. The lowest BCUT2D eigenvalue weighted by atomic mass is 10.1. The van der Waals surface area contributed by atoms with E-state index < -0.39 is 28.6 Å². The lowest BCUT2D eigenvalue weighted by molar-refractivity contribution is -0.153. The van der Waals surface area contributed by atoms with Crippen molar-refractivity contribution in [3.05, 3.63) is 70.1 Å². The fourth-order valence-electron chi connectivity index (χ4n) is 2.89. The third-order valence-electron chi connectivity index (χ3n) is 4.27. The molecule has 33 heavy (non-hydrogen) atoms. The maximum Gasteiger partial charge on any atom is 0.320 e. The molecule has 4 N–H and O–H groups in total. The topological polar surface area (TPSA) is 106 Å². The van der Waals surface area contributed by atoms with Crippen LogP contribution in [-0.2, 0) is 16.1 Å². The van der Waals surface area contributed by atoms with E-state index in [1.807, 2.05) is 32.9 Å². The minimum atomic E-state index is -0.960. The predicted molar refractivity (Wildman–Crippen MR) is 124 cm³/mol. The quantitative estimate of drug-likeness (QED) is 0.328. The Kier molecular flexibility index (Phi) is 7.39. The average molecular weight is 475 g/mol. The summed E-state index contributed by atoms with van der Waals surface area (Å²) < 4.78 is 33.1. The molecule has 3 rings (SSSR count). The van der Waals surface area contributed by atoms with Crippen LogP contribution in [0.2, 0.25) is 0 Å². The van der Waals surface area contributed by atoms with Crippen molar-refractivity contribution in [2.75, 3.05) is 17.6 Å². The number of nitrogens with zero attached hydrogens (tertiary/aromatic N) is 1. The number of nitrogens with two attached hydrogens (primary N) is 1. The molecule has 0 fully saturated rings. The van der Waals surface area contributed by atoms with Crippen LogP contribution in [0.15, 0.2) is 42.5 Å². The Labute approximate surface area is 194 Å². The Bertz CT molecular complexity index is 1140. The Morgan fingerprint density at radius 2 is 1.73 bits per heavy atom. The molecule has 0 saturated heterocycles. The number of aromatic nitrogens is 1. The monoisotopic (exact) mass is 474 g/mol. The second kappa shape index (κ2) is 10.1. The molecule has 0 aliphatic carbocycles. The summed E-state index contributed by atoms with van der Waals surface area (Å²) in [6, 6.07) is 10.5. The smallest absolute Gasteiger partial charge is 0.320 e. The Morgan fingerprint density at radius 1 is 1.09 bits per heavy atom. The average Bonchev–Trinajstić information content (AvgIpc) is 3.08. The van der Waals surface area contributed by atoms with Gasteiger partial charge in [-0.3, -0.25) is 9.59 Å². The van der Waals surface area contributed by atoms with E-state index >= 15 is 0 Å². The molecule has 0 bridgehead atoms. The van der Waals surface area contributed by atoms with E-state index in [9.17, 15) is 18.4 Å². The van der Waals surface area contributed by atoms with Gasteiger partial charge in [-0.25, -0.2) is 13.8 Å². The lowest BCUT2D eigenvalue weighted by Gasteiger charge is -2.19. The fraction of sp³-hybridized carbons (Fsp3) is 0.261. The number of ketones is 1. The van der Waals surface area contributed by atoms with Gasteiger partial charge < -0.3 is 21.1 Å². The number of rotatable bonds is 8. The summed E-state index contributed by atoms with van der Waals surface area (Å²) in [5.74, 6) is -3.22. The van der Waals surface area contributed by atoms with Crippen LogP contribution in [0.5, 0.6) is 0 Å². The lowest BCUT2D eigenvalue weighted by Crippen LogP contribution is -2.31. The van der Waals surface area contributed by atoms with E-state index in [1.165, 1.54) is 6.07 Å². The van der Waals surface area contributed by atoms with E-state index in [2.05, 4.69) is 15.6 Å². The number of nitrogen functional groups attached to an aromatic ring is 1. The molecule has 2 aromatic carbocycles. The second-order valence-electron chi connectivity index (χ2n) is 8.17. The van der Waals surface area contributed by atoms with Gasteiger partial charge in [0, 0.05) is 12.2 Å². The molecule has 0 aliphatic heterocycles. The molecule has 0 aliphatic rings. The molecule has 0 atom stereocenters. The molecule has 0 saturated carbocycles. The highest BCUT2D eigenvalue weighted by Gasteiger charge is 2.24. The summed E-state index contributed by atoms with van der Waals surface area (Å²) in [6.45, 7) is 5.99. The number of carbonyl (C=O) groups is 2. The zero-order valence-corrected chi connectivity index (χ0v) is 19.2. The predicted octanol–water partition coefficient (Wildman–Crippen LogP) is 4.41. The maximum atomic E-state index is 14.0. The molecule has 0 spiro atoms.